The Hall–Kier alpha value is -2.09. The van der Waals surface area contributed by atoms with E-state index >= 15 is 0 Å². The van der Waals surface area contributed by atoms with E-state index in [4.69, 9.17) is 16.3 Å². The van der Waals surface area contributed by atoms with Crippen LogP contribution in [0.5, 0.6) is 0 Å². The second kappa shape index (κ2) is 10.0. The molecule has 0 saturated heterocycles. The molecule has 170 valence electrons. The van der Waals surface area contributed by atoms with Gasteiger partial charge in [0, 0.05) is 43.6 Å². The van der Waals surface area contributed by atoms with Gasteiger partial charge in [0.25, 0.3) is 0 Å². The van der Waals surface area contributed by atoms with E-state index < -0.39 is 18.0 Å². The first kappa shape index (κ1) is 23.6. The largest absolute Gasteiger partial charge is 0.472 e. The SMILES string of the molecule is C=CC1=C(NC)OC2(CCC2)C[C@@H]1NC[C@@H](O)[C@H](Cc1cc(F)cc(Cl)c1)NC(C)=O. The summed E-state index contributed by atoms with van der Waals surface area (Å²) in [5, 5.41) is 20.5. The van der Waals surface area contributed by atoms with Crippen molar-refractivity contribution in [2.24, 2.45) is 0 Å². The summed E-state index contributed by atoms with van der Waals surface area (Å²) in [6.07, 6.45) is 5.05. The Morgan fingerprint density at radius 1 is 1.45 bits per heavy atom. The molecule has 8 heteroatoms. The van der Waals surface area contributed by atoms with E-state index in [-0.39, 0.29) is 35.5 Å². The molecular weight excluding hydrogens is 421 g/mol. The Labute approximate surface area is 187 Å². The molecule has 1 fully saturated rings. The predicted molar refractivity (Wildman–Crippen MR) is 119 cm³/mol. The molecule has 0 aromatic heterocycles. The summed E-state index contributed by atoms with van der Waals surface area (Å²) in [6, 6.07) is 3.58. The van der Waals surface area contributed by atoms with Gasteiger partial charge in [0.05, 0.1) is 12.1 Å². The molecule has 1 aromatic carbocycles. The van der Waals surface area contributed by atoms with Gasteiger partial charge in [0.1, 0.15) is 11.4 Å². The minimum Gasteiger partial charge on any atom is -0.472 e. The molecule has 0 radical (unpaired) electrons. The van der Waals surface area contributed by atoms with Gasteiger partial charge in [-0.05, 0) is 49.4 Å². The molecule has 1 heterocycles. The minimum absolute atomic E-state index is 0.0368. The van der Waals surface area contributed by atoms with Crippen molar-refractivity contribution in [1.82, 2.24) is 16.0 Å². The number of hydrogen-bond donors (Lipinski definition) is 4. The lowest BCUT2D eigenvalue weighted by Gasteiger charge is -2.48. The number of carbonyl (C=O) groups excluding carboxylic acids is 1. The van der Waals surface area contributed by atoms with Gasteiger partial charge in [0.15, 0.2) is 5.88 Å². The van der Waals surface area contributed by atoms with E-state index in [1.807, 2.05) is 7.05 Å². The molecule has 2 aliphatic rings. The Morgan fingerprint density at radius 2 is 2.19 bits per heavy atom. The van der Waals surface area contributed by atoms with Crippen molar-refractivity contribution >= 4 is 17.5 Å². The van der Waals surface area contributed by atoms with Gasteiger partial charge in [-0.25, -0.2) is 4.39 Å². The van der Waals surface area contributed by atoms with Crippen molar-refractivity contribution in [3.8, 4) is 0 Å². The fraction of sp³-hybridized carbons (Fsp3) is 0.522. The Bertz CT molecular complexity index is 836. The highest BCUT2D eigenvalue weighted by Gasteiger charge is 2.46. The van der Waals surface area contributed by atoms with Gasteiger partial charge < -0.3 is 25.8 Å². The van der Waals surface area contributed by atoms with Crippen LogP contribution < -0.4 is 16.0 Å². The van der Waals surface area contributed by atoms with Crippen LogP contribution in [0, 0.1) is 5.82 Å². The van der Waals surface area contributed by atoms with Gasteiger partial charge in [-0.3, -0.25) is 4.79 Å². The zero-order valence-electron chi connectivity index (χ0n) is 18.0. The fourth-order valence-corrected chi connectivity index (χ4v) is 4.62. The minimum atomic E-state index is -0.893. The van der Waals surface area contributed by atoms with Crippen LogP contribution in [0.25, 0.3) is 0 Å². The van der Waals surface area contributed by atoms with E-state index in [2.05, 4.69) is 22.5 Å². The van der Waals surface area contributed by atoms with Crippen molar-refractivity contribution in [3.63, 3.8) is 0 Å². The number of amides is 1. The maximum atomic E-state index is 13.7. The average molecular weight is 452 g/mol. The summed E-state index contributed by atoms with van der Waals surface area (Å²) in [5.41, 5.74) is 1.34. The van der Waals surface area contributed by atoms with E-state index in [0.717, 1.165) is 31.3 Å². The van der Waals surface area contributed by atoms with Crippen molar-refractivity contribution < 1.29 is 19.0 Å². The normalized spacial score (nSPS) is 21.6. The number of rotatable bonds is 9. The molecule has 1 saturated carbocycles. The molecule has 31 heavy (non-hydrogen) atoms. The van der Waals surface area contributed by atoms with Crippen molar-refractivity contribution in [1.29, 1.82) is 0 Å². The highest BCUT2D eigenvalue weighted by molar-refractivity contribution is 6.30. The Morgan fingerprint density at radius 3 is 2.74 bits per heavy atom. The molecule has 1 aromatic rings. The maximum absolute atomic E-state index is 13.7. The number of carbonyl (C=O) groups is 1. The Kier molecular flexibility index (Phi) is 7.62. The highest BCUT2D eigenvalue weighted by Crippen LogP contribution is 2.45. The van der Waals surface area contributed by atoms with E-state index in [1.165, 1.54) is 19.1 Å². The molecule has 1 aliphatic carbocycles. The molecule has 1 spiro atoms. The monoisotopic (exact) mass is 451 g/mol. The fourth-order valence-electron chi connectivity index (χ4n) is 4.38. The molecule has 1 aliphatic heterocycles. The molecule has 6 nitrogen and oxygen atoms in total. The predicted octanol–water partition coefficient (Wildman–Crippen LogP) is 2.81. The van der Waals surface area contributed by atoms with Crippen LogP contribution in [-0.2, 0) is 16.0 Å². The number of ether oxygens (including phenoxy) is 1. The van der Waals surface area contributed by atoms with Crippen LogP contribution in [0.3, 0.4) is 0 Å². The van der Waals surface area contributed by atoms with Crippen LogP contribution in [-0.4, -0.2) is 48.4 Å². The van der Waals surface area contributed by atoms with Gasteiger partial charge >= 0.3 is 0 Å². The zero-order chi connectivity index (χ0) is 22.6. The first-order valence-electron chi connectivity index (χ1n) is 10.6. The summed E-state index contributed by atoms with van der Waals surface area (Å²) in [4.78, 5) is 11.7. The summed E-state index contributed by atoms with van der Waals surface area (Å²) in [6.45, 7) is 5.54. The maximum Gasteiger partial charge on any atom is 0.217 e. The lowest BCUT2D eigenvalue weighted by Crippen LogP contribution is -2.54. The van der Waals surface area contributed by atoms with Gasteiger partial charge in [-0.15, -0.1) is 0 Å². The topological polar surface area (TPSA) is 82.6 Å². The number of halogens is 2. The molecule has 0 bridgehead atoms. The summed E-state index contributed by atoms with van der Waals surface area (Å²) in [5.74, 6) is -0.0130. The van der Waals surface area contributed by atoms with E-state index in [1.54, 1.807) is 12.1 Å². The molecule has 3 rings (SSSR count). The van der Waals surface area contributed by atoms with Crippen LogP contribution in [0.15, 0.2) is 42.3 Å². The summed E-state index contributed by atoms with van der Waals surface area (Å²) >= 11 is 5.95. The third kappa shape index (κ3) is 5.79. The number of nitrogens with one attached hydrogen (secondary N) is 3. The van der Waals surface area contributed by atoms with Crippen molar-refractivity contribution in [3.05, 3.63) is 58.7 Å². The number of hydrogen-bond acceptors (Lipinski definition) is 5. The number of aliphatic hydroxyl groups excluding tert-OH is 1. The lowest BCUT2D eigenvalue weighted by molar-refractivity contribution is -0.120. The number of benzene rings is 1. The van der Waals surface area contributed by atoms with Gasteiger partial charge in [-0.1, -0.05) is 24.3 Å². The second-order valence-electron chi connectivity index (χ2n) is 8.40. The molecule has 1 amide bonds. The lowest BCUT2D eigenvalue weighted by atomic mass is 9.73. The van der Waals surface area contributed by atoms with Gasteiger partial charge in [0.2, 0.25) is 5.91 Å². The van der Waals surface area contributed by atoms with Crippen molar-refractivity contribution in [2.45, 2.75) is 62.8 Å². The standard InChI is InChI=1S/C23H31ClFN3O3/c1-4-18-20(12-23(6-5-7-23)31-22(18)26-3)27-13-21(30)19(28-14(2)29)10-15-8-16(24)11-17(25)9-15/h4,8-9,11,19-21,26-27,30H,1,5-7,10,12-13H2,2-3H3,(H,28,29)/t19-,20-,21+/m0/s1. The first-order valence-corrected chi connectivity index (χ1v) is 11.0. The third-order valence-corrected chi connectivity index (χ3v) is 6.27. The molecular formula is C23H31ClFN3O3. The zero-order valence-corrected chi connectivity index (χ0v) is 18.8. The smallest absolute Gasteiger partial charge is 0.217 e. The second-order valence-corrected chi connectivity index (χ2v) is 8.83. The summed E-state index contributed by atoms with van der Waals surface area (Å²) < 4.78 is 19.9. The average Bonchev–Trinajstić information content (AvgIpc) is 2.68. The van der Waals surface area contributed by atoms with Crippen LogP contribution in [0.1, 0.15) is 38.2 Å². The first-order chi connectivity index (χ1) is 14.7. The van der Waals surface area contributed by atoms with Crippen LogP contribution in [0.2, 0.25) is 5.02 Å². The molecule has 0 unspecified atom stereocenters. The van der Waals surface area contributed by atoms with Gasteiger partial charge in [-0.2, -0.15) is 0 Å². The summed E-state index contributed by atoms with van der Waals surface area (Å²) in [7, 11) is 1.82. The quantitative estimate of drug-likeness (QED) is 0.464. The Balaban J connectivity index is 1.71. The van der Waals surface area contributed by atoms with Crippen molar-refractivity contribution in [2.75, 3.05) is 13.6 Å². The number of aliphatic hydroxyl groups is 1. The van der Waals surface area contributed by atoms with E-state index in [9.17, 15) is 14.3 Å². The molecule has 4 N–H and O–H groups in total. The van der Waals surface area contributed by atoms with Crippen LogP contribution >= 0.6 is 11.6 Å². The third-order valence-electron chi connectivity index (χ3n) is 6.05. The van der Waals surface area contributed by atoms with E-state index in [0.29, 0.717) is 11.4 Å². The highest BCUT2D eigenvalue weighted by atomic mass is 35.5. The van der Waals surface area contributed by atoms with Crippen LogP contribution in [0.4, 0.5) is 4.39 Å². The molecule has 3 atom stereocenters.